The third kappa shape index (κ3) is 4.65. The molecule has 0 saturated carbocycles. The first-order chi connectivity index (χ1) is 15.9. The number of aromatic hydroxyl groups is 1. The standard InChI is InChI=1S/C26H27FN2O3S/c1-28-22(14-15-23(30)17-8-10-18(27)11-9-17)25(21-13-12-20(32-2)16-24(21)31)29(26(28)33)19-6-4-3-5-7-19/h3-13,16,22-23,25,30-31H,14-15H2,1-2H3/t22-,23?,25?/m0/s1. The summed E-state index contributed by atoms with van der Waals surface area (Å²) < 4.78 is 18.5. The number of para-hydroxylation sites is 1. The number of nitrogens with zero attached hydrogens (tertiary/aromatic N) is 2. The Bertz CT molecular complexity index is 1110. The highest BCUT2D eigenvalue weighted by atomic mass is 32.1. The van der Waals surface area contributed by atoms with E-state index in [1.165, 1.54) is 12.1 Å². The largest absolute Gasteiger partial charge is 0.507 e. The number of hydrogen-bond acceptors (Lipinski definition) is 4. The van der Waals surface area contributed by atoms with E-state index >= 15 is 0 Å². The number of rotatable bonds is 7. The summed E-state index contributed by atoms with van der Waals surface area (Å²) in [5.41, 5.74) is 2.33. The van der Waals surface area contributed by atoms with E-state index < -0.39 is 6.10 Å². The van der Waals surface area contributed by atoms with E-state index in [1.54, 1.807) is 25.3 Å². The van der Waals surface area contributed by atoms with Gasteiger partial charge in [0, 0.05) is 24.4 Å². The quantitative estimate of drug-likeness (QED) is 0.467. The van der Waals surface area contributed by atoms with Gasteiger partial charge in [0.2, 0.25) is 0 Å². The molecule has 172 valence electrons. The van der Waals surface area contributed by atoms with Crippen LogP contribution in [0, 0.1) is 5.82 Å². The molecule has 33 heavy (non-hydrogen) atoms. The summed E-state index contributed by atoms with van der Waals surface area (Å²) in [7, 11) is 3.50. The zero-order valence-corrected chi connectivity index (χ0v) is 19.4. The lowest BCUT2D eigenvalue weighted by molar-refractivity contribution is 0.152. The number of likely N-dealkylation sites (N-methyl/N-ethyl adjacent to an activating group) is 1. The van der Waals surface area contributed by atoms with Crippen molar-refractivity contribution >= 4 is 23.0 Å². The molecule has 5 nitrogen and oxygen atoms in total. The fourth-order valence-corrected chi connectivity index (χ4v) is 4.81. The maximum Gasteiger partial charge on any atom is 0.176 e. The summed E-state index contributed by atoms with van der Waals surface area (Å²) >= 11 is 5.82. The Morgan fingerprint density at radius 2 is 1.76 bits per heavy atom. The molecule has 1 aliphatic heterocycles. The van der Waals surface area contributed by atoms with E-state index in [-0.39, 0.29) is 23.7 Å². The zero-order chi connectivity index (χ0) is 23.5. The summed E-state index contributed by atoms with van der Waals surface area (Å²) in [6.45, 7) is 0. The first-order valence-electron chi connectivity index (χ1n) is 10.8. The summed E-state index contributed by atoms with van der Waals surface area (Å²) in [6, 6.07) is 20.7. The van der Waals surface area contributed by atoms with Crippen LogP contribution in [-0.2, 0) is 0 Å². The number of benzene rings is 3. The molecule has 1 fully saturated rings. The van der Waals surface area contributed by atoms with Crippen molar-refractivity contribution in [3.8, 4) is 11.5 Å². The first-order valence-corrected chi connectivity index (χ1v) is 11.2. The topological polar surface area (TPSA) is 56.2 Å². The van der Waals surface area contributed by atoms with E-state index in [1.807, 2.05) is 59.3 Å². The summed E-state index contributed by atoms with van der Waals surface area (Å²) in [4.78, 5) is 4.07. The van der Waals surface area contributed by atoms with Gasteiger partial charge >= 0.3 is 0 Å². The second kappa shape index (κ2) is 9.77. The second-order valence-electron chi connectivity index (χ2n) is 8.18. The number of aliphatic hydroxyl groups is 1. The molecule has 3 atom stereocenters. The van der Waals surface area contributed by atoms with Crippen molar-refractivity contribution in [3.63, 3.8) is 0 Å². The number of thiocarbonyl (C=S) groups is 1. The van der Waals surface area contributed by atoms with Crippen LogP contribution in [0.1, 0.15) is 36.1 Å². The highest BCUT2D eigenvalue weighted by Crippen LogP contribution is 2.44. The fraction of sp³-hybridized carbons (Fsp3) is 0.269. The van der Waals surface area contributed by atoms with E-state index in [4.69, 9.17) is 17.0 Å². The average molecular weight is 467 g/mol. The van der Waals surface area contributed by atoms with Gasteiger partial charge in [-0.25, -0.2) is 4.39 Å². The van der Waals surface area contributed by atoms with Crippen LogP contribution in [0.5, 0.6) is 11.5 Å². The molecule has 0 bridgehead atoms. The van der Waals surface area contributed by atoms with Crippen LogP contribution in [0.3, 0.4) is 0 Å². The molecule has 0 radical (unpaired) electrons. The van der Waals surface area contributed by atoms with Gasteiger partial charge in [0.15, 0.2) is 5.11 Å². The molecule has 4 rings (SSSR count). The van der Waals surface area contributed by atoms with Crippen LogP contribution in [0.2, 0.25) is 0 Å². The van der Waals surface area contributed by atoms with Crippen LogP contribution >= 0.6 is 12.2 Å². The van der Waals surface area contributed by atoms with E-state index in [0.717, 1.165) is 11.3 Å². The third-order valence-corrected chi connectivity index (χ3v) is 6.71. The lowest BCUT2D eigenvalue weighted by atomic mass is 9.92. The lowest BCUT2D eigenvalue weighted by Crippen LogP contribution is -2.31. The minimum absolute atomic E-state index is 0.105. The highest BCUT2D eigenvalue weighted by Gasteiger charge is 2.44. The molecule has 2 N–H and O–H groups in total. The van der Waals surface area contributed by atoms with Gasteiger partial charge in [0.05, 0.1) is 25.3 Å². The highest BCUT2D eigenvalue weighted by molar-refractivity contribution is 7.80. The van der Waals surface area contributed by atoms with Crippen molar-refractivity contribution in [3.05, 3.63) is 89.7 Å². The van der Waals surface area contributed by atoms with Gasteiger partial charge in [-0.2, -0.15) is 0 Å². The molecular weight excluding hydrogens is 439 g/mol. The van der Waals surface area contributed by atoms with E-state index in [9.17, 15) is 14.6 Å². The predicted molar refractivity (Wildman–Crippen MR) is 131 cm³/mol. The van der Waals surface area contributed by atoms with Gasteiger partial charge in [-0.1, -0.05) is 30.3 Å². The van der Waals surface area contributed by atoms with Crippen molar-refractivity contribution in [2.75, 3.05) is 19.1 Å². The fourth-order valence-electron chi connectivity index (χ4n) is 4.45. The van der Waals surface area contributed by atoms with E-state index in [0.29, 0.717) is 29.3 Å². The number of aliphatic hydroxyl groups excluding tert-OH is 1. The monoisotopic (exact) mass is 466 g/mol. The Morgan fingerprint density at radius 3 is 2.39 bits per heavy atom. The van der Waals surface area contributed by atoms with E-state index in [2.05, 4.69) is 0 Å². The zero-order valence-electron chi connectivity index (χ0n) is 18.6. The van der Waals surface area contributed by atoms with Crippen LogP contribution < -0.4 is 9.64 Å². The normalized spacial score (nSPS) is 19.1. The van der Waals surface area contributed by atoms with Gasteiger partial charge in [-0.3, -0.25) is 0 Å². The number of ether oxygens (including phenoxy) is 1. The molecular formula is C26H27FN2O3S. The lowest BCUT2D eigenvalue weighted by Gasteiger charge is -2.29. The second-order valence-corrected chi connectivity index (χ2v) is 8.55. The van der Waals surface area contributed by atoms with Crippen molar-refractivity contribution in [2.45, 2.75) is 31.0 Å². The van der Waals surface area contributed by atoms with Gasteiger partial charge in [-0.15, -0.1) is 0 Å². The Kier molecular flexibility index (Phi) is 6.81. The van der Waals surface area contributed by atoms with Gasteiger partial charge in [0.25, 0.3) is 0 Å². The SMILES string of the molecule is COc1ccc(C2[C@H](CCC(O)c3ccc(F)cc3)N(C)C(=S)N2c2ccccc2)c(O)c1. The molecule has 3 aromatic rings. The number of methoxy groups -OCH3 is 1. The van der Waals surface area contributed by atoms with Crippen LogP contribution in [0.25, 0.3) is 0 Å². The summed E-state index contributed by atoms with van der Waals surface area (Å²) in [6.07, 6.45) is 0.331. The smallest absolute Gasteiger partial charge is 0.176 e. The maximum absolute atomic E-state index is 13.3. The van der Waals surface area contributed by atoms with Gasteiger partial charge in [0.1, 0.15) is 17.3 Å². The molecule has 7 heteroatoms. The summed E-state index contributed by atoms with van der Waals surface area (Å²) in [5, 5.41) is 22.2. The number of hydrogen-bond donors (Lipinski definition) is 2. The Morgan fingerprint density at radius 1 is 1.06 bits per heavy atom. The number of anilines is 1. The molecule has 0 aromatic heterocycles. The van der Waals surface area contributed by atoms with Gasteiger partial charge < -0.3 is 24.7 Å². The molecule has 0 amide bonds. The van der Waals surface area contributed by atoms with Crippen LogP contribution in [0.15, 0.2) is 72.8 Å². The molecule has 1 heterocycles. The van der Waals surface area contributed by atoms with Gasteiger partial charge in [-0.05, 0) is 67.0 Å². The first kappa shape index (κ1) is 23.0. The molecule has 1 aliphatic rings. The van der Waals surface area contributed by atoms with Crippen LogP contribution in [-0.4, -0.2) is 40.4 Å². The Balaban J connectivity index is 1.67. The third-order valence-electron chi connectivity index (χ3n) is 6.23. The minimum atomic E-state index is -0.733. The Hall–Kier alpha value is -3.16. The average Bonchev–Trinajstić information content (AvgIpc) is 3.08. The Labute approximate surface area is 198 Å². The molecule has 2 unspecified atom stereocenters. The van der Waals surface area contributed by atoms with Crippen molar-refractivity contribution in [1.29, 1.82) is 0 Å². The van der Waals surface area contributed by atoms with Crippen molar-refractivity contribution < 1.29 is 19.3 Å². The number of phenols is 1. The molecule has 0 aliphatic carbocycles. The number of halogens is 1. The summed E-state index contributed by atoms with van der Waals surface area (Å²) in [5.74, 6) is 0.363. The van der Waals surface area contributed by atoms with Crippen molar-refractivity contribution in [2.24, 2.45) is 0 Å². The molecule has 1 saturated heterocycles. The molecule has 3 aromatic carbocycles. The number of phenolic OH excluding ortho intramolecular Hbond substituents is 1. The minimum Gasteiger partial charge on any atom is -0.507 e. The predicted octanol–water partition coefficient (Wildman–Crippen LogP) is 5.20. The van der Waals surface area contributed by atoms with Crippen LogP contribution in [0.4, 0.5) is 10.1 Å². The molecule has 0 spiro atoms. The maximum atomic E-state index is 13.3. The van der Waals surface area contributed by atoms with Crippen molar-refractivity contribution in [1.82, 2.24) is 4.90 Å².